The summed E-state index contributed by atoms with van der Waals surface area (Å²) in [5.41, 5.74) is 2.04. The van der Waals surface area contributed by atoms with Crippen molar-refractivity contribution in [3.05, 3.63) is 74.8 Å². The van der Waals surface area contributed by atoms with E-state index in [-0.39, 0.29) is 31.1 Å². The topological polar surface area (TPSA) is 75.0 Å². The van der Waals surface area contributed by atoms with E-state index < -0.39 is 0 Å². The van der Waals surface area contributed by atoms with E-state index in [9.17, 15) is 9.59 Å². The Hall–Kier alpha value is -2.97. The van der Waals surface area contributed by atoms with Crippen LogP contribution in [0, 0.1) is 6.92 Å². The Balaban J connectivity index is 1.51. The molecule has 3 heterocycles. The summed E-state index contributed by atoms with van der Waals surface area (Å²) in [7, 11) is 0. The lowest BCUT2D eigenvalue weighted by Gasteiger charge is -2.37. The highest BCUT2D eigenvalue weighted by Gasteiger charge is 2.33. The van der Waals surface area contributed by atoms with Gasteiger partial charge in [0.1, 0.15) is 24.7 Å². The van der Waals surface area contributed by atoms with Crippen molar-refractivity contribution < 1.29 is 18.7 Å². The first-order chi connectivity index (χ1) is 17.0. The third kappa shape index (κ3) is 6.18. The molecule has 35 heavy (non-hydrogen) atoms. The number of thiophene rings is 1. The minimum absolute atomic E-state index is 0.0493. The van der Waals surface area contributed by atoms with Gasteiger partial charge in [-0.1, -0.05) is 18.5 Å². The predicted molar refractivity (Wildman–Crippen MR) is 137 cm³/mol. The molecule has 1 aliphatic heterocycles. The second-order valence-corrected chi connectivity index (χ2v) is 9.95. The van der Waals surface area contributed by atoms with Crippen LogP contribution in [0.3, 0.4) is 0 Å². The number of halogens is 1. The summed E-state index contributed by atoms with van der Waals surface area (Å²) in [6.07, 6.45) is 3.16. The molecular weight excluding hydrogens is 486 g/mol. The standard InChI is InChI=1S/C26H30ClN3O4S/c1-3-10-28-26(32)29(15-20-5-4-12-33-20)16-25(31)30-11-8-24-21(9-13-35-24)23(30)17-34-19-6-7-22(27)18(2)14-19/h4-7,9,12-14,23H,3,8,10-11,15-17H2,1-2H3,(H,28,32). The number of amides is 3. The average Bonchev–Trinajstić information content (AvgIpc) is 3.54. The molecule has 9 heteroatoms. The zero-order valence-corrected chi connectivity index (χ0v) is 21.5. The molecule has 1 atom stereocenters. The van der Waals surface area contributed by atoms with Gasteiger partial charge in [0.05, 0.1) is 18.8 Å². The van der Waals surface area contributed by atoms with Gasteiger partial charge in [0.25, 0.3) is 0 Å². The molecular formula is C26H30ClN3O4S. The molecule has 4 rings (SSSR count). The number of fused-ring (bicyclic) bond motifs is 1. The first-order valence-electron chi connectivity index (χ1n) is 11.8. The number of benzene rings is 1. The summed E-state index contributed by atoms with van der Waals surface area (Å²) in [5, 5.41) is 5.61. The molecule has 0 saturated carbocycles. The Labute approximate surface area is 214 Å². The van der Waals surface area contributed by atoms with Gasteiger partial charge in [-0.15, -0.1) is 11.3 Å². The van der Waals surface area contributed by atoms with E-state index in [4.69, 9.17) is 20.8 Å². The Morgan fingerprint density at radius 2 is 2.17 bits per heavy atom. The third-order valence-corrected chi connectivity index (χ3v) is 7.44. The number of nitrogens with one attached hydrogen (secondary N) is 1. The number of hydrogen-bond donors (Lipinski definition) is 1. The summed E-state index contributed by atoms with van der Waals surface area (Å²) < 4.78 is 11.6. The van der Waals surface area contributed by atoms with E-state index in [0.29, 0.717) is 36.2 Å². The second-order valence-electron chi connectivity index (χ2n) is 8.54. The van der Waals surface area contributed by atoms with Crippen molar-refractivity contribution in [2.24, 2.45) is 0 Å². The monoisotopic (exact) mass is 515 g/mol. The maximum absolute atomic E-state index is 13.6. The lowest BCUT2D eigenvalue weighted by Crippen LogP contribution is -2.49. The van der Waals surface area contributed by atoms with Gasteiger partial charge in [-0.25, -0.2) is 4.79 Å². The summed E-state index contributed by atoms with van der Waals surface area (Å²) in [6, 6.07) is 10.7. The van der Waals surface area contributed by atoms with Crippen LogP contribution in [0.2, 0.25) is 5.02 Å². The van der Waals surface area contributed by atoms with E-state index >= 15 is 0 Å². The minimum Gasteiger partial charge on any atom is -0.491 e. The number of carbonyl (C=O) groups is 2. The highest BCUT2D eigenvalue weighted by molar-refractivity contribution is 7.10. The van der Waals surface area contributed by atoms with Gasteiger partial charge in [0.2, 0.25) is 5.91 Å². The Morgan fingerprint density at radius 3 is 2.91 bits per heavy atom. The van der Waals surface area contributed by atoms with Crippen LogP contribution < -0.4 is 10.1 Å². The normalized spacial score (nSPS) is 14.9. The number of ether oxygens (including phenoxy) is 1. The average molecular weight is 516 g/mol. The molecule has 1 aromatic carbocycles. The van der Waals surface area contributed by atoms with Crippen molar-refractivity contribution in [2.75, 3.05) is 26.2 Å². The smallest absolute Gasteiger partial charge is 0.318 e. The van der Waals surface area contributed by atoms with Gasteiger partial charge in [-0.2, -0.15) is 0 Å². The number of rotatable bonds is 9. The zero-order valence-electron chi connectivity index (χ0n) is 20.0. The third-order valence-electron chi connectivity index (χ3n) is 6.02. The lowest BCUT2D eigenvalue weighted by atomic mass is 10.0. The largest absolute Gasteiger partial charge is 0.491 e. The van der Waals surface area contributed by atoms with Crippen molar-refractivity contribution in [1.29, 1.82) is 0 Å². The minimum atomic E-state index is -0.283. The summed E-state index contributed by atoms with van der Waals surface area (Å²) >= 11 is 7.85. The van der Waals surface area contributed by atoms with Crippen molar-refractivity contribution in [2.45, 2.75) is 39.3 Å². The van der Waals surface area contributed by atoms with Crippen LogP contribution in [0.4, 0.5) is 4.79 Å². The van der Waals surface area contributed by atoms with Gasteiger partial charge in [0.15, 0.2) is 0 Å². The summed E-state index contributed by atoms with van der Waals surface area (Å²) in [4.78, 5) is 31.0. The number of urea groups is 1. The molecule has 7 nitrogen and oxygen atoms in total. The molecule has 2 aromatic heterocycles. The molecule has 0 bridgehead atoms. The van der Waals surface area contributed by atoms with Crippen LogP contribution >= 0.6 is 22.9 Å². The van der Waals surface area contributed by atoms with E-state index in [1.165, 1.54) is 9.78 Å². The molecule has 186 valence electrons. The number of aryl methyl sites for hydroxylation is 1. The SMILES string of the molecule is CCCNC(=O)N(CC(=O)N1CCc2sccc2C1COc1ccc(Cl)c(C)c1)Cc1ccco1. The fraction of sp³-hybridized carbons (Fsp3) is 0.385. The molecule has 3 amide bonds. The van der Waals surface area contributed by atoms with E-state index in [2.05, 4.69) is 16.8 Å². The van der Waals surface area contributed by atoms with E-state index in [0.717, 1.165) is 24.0 Å². The van der Waals surface area contributed by atoms with Crippen LogP contribution in [0.5, 0.6) is 5.75 Å². The number of furan rings is 1. The number of hydrogen-bond acceptors (Lipinski definition) is 5. The summed E-state index contributed by atoms with van der Waals surface area (Å²) in [6.45, 7) is 5.52. The highest BCUT2D eigenvalue weighted by atomic mass is 35.5. The highest BCUT2D eigenvalue weighted by Crippen LogP contribution is 2.34. The fourth-order valence-corrected chi connectivity index (χ4v) is 5.19. The second kappa shape index (κ2) is 11.6. The quantitative estimate of drug-likeness (QED) is 0.412. The predicted octanol–water partition coefficient (Wildman–Crippen LogP) is 5.43. The van der Waals surface area contributed by atoms with Crippen molar-refractivity contribution in [3.8, 4) is 5.75 Å². The van der Waals surface area contributed by atoms with Gasteiger partial charge in [-0.05, 0) is 72.7 Å². The Bertz CT molecular complexity index is 1150. The molecule has 1 aliphatic rings. The molecule has 3 aromatic rings. The Morgan fingerprint density at radius 1 is 1.31 bits per heavy atom. The number of nitrogens with zero attached hydrogens (tertiary/aromatic N) is 2. The van der Waals surface area contributed by atoms with Crippen molar-refractivity contribution in [3.63, 3.8) is 0 Å². The number of carbonyl (C=O) groups excluding carboxylic acids is 2. The van der Waals surface area contributed by atoms with Crippen LogP contribution in [-0.4, -0.2) is 48.0 Å². The van der Waals surface area contributed by atoms with E-state index in [1.807, 2.05) is 36.9 Å². The maximum Gasteiger partial charge on any atom is 0.318 e. The summed E-state index contributed by atoms with van der Waals surface area (Å²) in [5.74, 6) is 1.21. The van der Waals surface area contributed by atoms with Gasteiger partial charge >= 0.3 is 6.03 Å². The van der Waals surface area contributed by atoms with E-state index in [1.54, 1.807) is 29.7 Å². The zero-order chi connectivity index (χ0) is 24.8. The molecule has 1 unspecified atom stereocenters. The molecule has 0 radical (unpaired) electrons. The fourth-order valence-electron chi connectivity index (χ4n) is 4.14. The Kier molecular flexibility index (Phi) is 8.36. The van der Waals surface area contributed by atoms with Gasteiger partial charge < -0.3 is 24.3 Å². The van der Waals surface area contributed by atoms with Crippen LogP contribution in [0.1, 0.15) is 41.2 Å². The van der Waals surface area contributed by atoms with Crippen LogP contribution in [-0.2, 0) is 17.8 Å². The van der Waals surface area contributed by atoms with Crippen LogP contribution in [0.15, 0.2) is 52.5 Å². The molecule has 0 fully saturated rings. The molecule has 0 saturated heterocycles. The maximum atomic E-state index is 13.6. The molecule has 1 N–H and O–H groups in total. The molecule has 0 spiro atoms. The van der Waals surface area contributed by atoms with Gasteiger partial charge in [-0.3, -0.25) is 4.79 Å². The van der Waals surface area contributed by atoms with Gasteiger partial charge in [0, 0.05) is 23.0 Å². The van der Waals surface area contributed by atoms with Crippen LogP contribution in [0.25, 0.3) is 0 Å². The molecule has 0 aliphatic carbocycles. The van der Waals surface area contributed by atoms with Crippen molar-refractivity contribution >= 4 is 34.9 Å². The first kappa shape index (κ1) is 25.1. The first-order valence-corrected chi connectivity index (χ1v) is 13.0. The van der Waals surface area contributed by atoms with Crippen molar-refractivity contribution in [1.82, 2.24) is 15.1 Å². The lowest BCUT2D eigenvalue weighted by molar-refractivity contribution is -0.135.